The second kappa shape index (κ2) is 8.41. The predicted molar refractivity (Wildman–Crippen MR) is 120 cm³/mol. The van der Waals surface area contributed by atoms with Crippen LogP contribution < -0.4 is 5.32 Å². The second-order valence-electron chi connectivity index (χ2n) is 6.86. The first-order valence-corrected chi connectivity index (χ1v) is 9.67. The number of nitro groups is 1. The lowest BCUT2D eigenvalue weighted by molar-refractivity contribution is -0.384. The molecular weight excluding hydrogens is 418 g/mol. The lowest BCUT2D eigenvalue weighted by Gasteiger charge is -2.03. The highest BCUT2D eigenvalue weighted by atomic mass is 35.5. The molecule has 1 N–H and O–H groups in total. The number of aryl methyl sites for hydroxylation is 1. The molecule has 1 aromatic heterocycles. The van der Waals surface area contributed by atoms with Gasteiger partial charge in [0.25, 0.3) is 5.69 Å². The first-order chi connectivity index (χ1) is 14.9. The monoisotopic (exact) mass is 433 g/mol. The topological polar surface area (TPSA) is 98.3 Å². The van der Waals surface area contributed by atoms with Crippen molar-refractivity contribution in [3.63, 3.8) is 0 Å². The van der Waals surface area contributed by atoms with Crippen molar-refractivity contribution < 1.29 is 14.1 Å². The van der Waals surface area contributed by atoms with Crippen LogP contribution in [0, 0.1) is 17.0 Å². The van der Waals surface area contributed by atoms with Gasteiger partial charge in [0, 0.05) is 23.4 Å². The fraction of sp³-hybridized carbons (Fsp3) is 0.0435. The number of halogens is 1. The molecule has 4 aromatic rings. The molecule has 0 aliphatic carbocycles. The number of carbonyl (C=O) groups is 1. The van der Waals surface area contributed by atoms with Crippen LogP contribution in [0.1, 0.15) is 11.1 Å². The third-order valence-corrected chi connectivity index (χ3v) is 4.86. The molecule has 0 radical (unpaired) electrons. The molecule has 0 fully saturated rings. The number of rotatable bonds is 5. The van der Waals surface area contributed by atoms with Crippen LogP contribution in [-0.2, 0) is 4.79 Å². The Morgan fingerprint density at radius 3 is 2.65 bits per heavy atom. The zero-order valence-corrected chi connectivity index (χ0v) is 17.1. The van der Waals surface area contributed by atoms with Gasteiger partial charge in [-0.05, 0) is 66.6 Å². The van der Waals surface area contributed by atoms with Crippen molar-refractivity contribution in [3.05, 3.63) is 93.0 Å². The average molecular weight is 434 g/mol. The maximum absolute atomic E-state index is 12.2. The quantitative estimate of drug-likeness (QED) is 0.236. The largest absolute Gasteiger partial charge is 0.436 e. The summed E-state index contributed by atoms with van der Waals surface area (Å²) in [4.78, 5) is 27.1. The number of nitro benzene ring substituents is 1. The minimum Gasteiger partial charge on any atom is -0.436 e. The van der Waals surface area contributed by atoms with E-state index in [-0.39, 0.29) is 16.6 Å². The third-order valence-electron chi connectivity index (χ3n) is 4.54. The minimum absolute atomic E-state index is 0.0424. The molecule has 8 heteroatoms. The van der Waals surface area contributed by atoms with Gasteiger partial charge >= 0.3 is 0 Å². The molecule has 4 rings (SSSR count). The summed E-state index contributed by atoms with van der Waals surface area (Å²) in [6.07, 6.45) is 2.78. The molecule has 0 aliphatic rings. The first-order valence-electron chi connectivity index (χ1n) is 9.30. The highest BCUT2D eigenvalue weighted by Crippen LogP contribution is 2.27. The summed E-state index contributed by atoms with van der Waals surface area (Å²) >= 11 is 5.79. The Morgan fingerprint density at radius 1 is 1.13 bits per heavy atom. The maximum atomic E-state index is 12.2. The molecule has 0 aliphatic heterocycles. The van der Waals surface area contributed by atoms with Gasteiger partial charge in [0.15, 0.2) is 5.58 Å². The molecular formula is C23H16ClN3O4. The van der Waals surface area contributed by atoms with E-state index in [1.54, 1.807) is 30.3 Å². The summed E-state index contributed by atoms with van der Waals surface area (Å²) in [7, 11) is 0. The van der Waals surface area contributed by atoms with Crippen LogP contribution >= 0.6 is 11.6 Å². The number of nitrogens with zero attached hydrogens (tertiary/aromatic N) is 2. The molecule has 3 aromatic carbocycles. The maximum Gasteiger partial charge on any atom is 0.288 e. The normalized spacial score (nSPS) is 11.2. The molecule has 1 heterocycles. The van der Waals surface area contributed by atoms with E-state index in [4.69, 9.17) is 16.0 Å². The van der Waals surface area contributed by atoms with Gasteiger partial charge < -0.3 is 9.73 Å². The van der Waals surface area contributed by atoms with Gasteiger partial charge in [-0.15, -0.1) is 0 Å². The number of benzene rings is 3. The van der Waals surface area contributed by atoms with Gasteiger partial charge in [-0.25, -0.2) is 4.98 Å². The van der Waals surface area contributed by atoms with Crippen molar-refractivity contribution >= 4 is 46.1 Å². The highest BCUT2D eigenvalue weighted by Gasteiger charge is 2.12. The Kier molecular flexibility index (Phi) is 5.51. The standard InChI is InChI=1S/C23H16ClN3O4/c1-14-2-10-21-19(12-14)26-23(31-21)16-5-7-17(8-6-16)25-22(28)11-4-15-3-9-18(24)20(13-15)27(29)30/h2-13H,1H3,(H,25,28)/b11-4+. The molecule has 31 heavy (non-hydrogen) atoms. The van der Waals surface area contributed by atoms with Crippen molar-refractivity contribution in [1.29, 1.82) is 0 Å². The van der Waals surface area contributed by atoms with Gasteiger partial charge in [-0.2, -0.15) is 0 Å². The van der Waals surface area contributed by atoms with Crippen molar-refractivity contribution in [2.45, 2.75) is 6.92 Å². The Hall–Kier alpha value is -3.97. The van der Waals surface area contributed by atoms with E-state index in [0.29, 0.717) is 22.7 Å². The molecule has 0 saturated carbocycles. The number of hydrogen-bond donors (Lipinski definition) is 1. The van der Waals surface area contributed by atoms with Crippen molar-refractivity contribution in [1.82, 2.24) is 4.98 Å². The number of aromatic nitrogens is 1. The Morgan fingerprint density at radius 2 is 1.90 bits per heavy atom. The van der Waals surface area contributed by atoms with E-state index in [1.807, 2.05) is 25.1 Å². The molecule has 0 unspecified atom stereocenters. The number of fused-ring (bicyclic) bond motifs is 1. The number of anilines is 1. The van der Waals surface area contributed by atoms with Crippen LogP contribution in [0.15, 0.2) is 71.2 Å². The third kappa shape index (κ3) is 4.62. The van der Waals surface area contributed by atoms with Gasteiger partial charge in [0.1, 0.15) is 10.5 Å². The van der Waals surface area contributed by atoms with E-state index < -0.39 is 4.92 Å². The zero-order valence-electron chi connectivity index (χ0n) is 16.3. The van der Waals surface area contributed by atoms with Gasteiger partial charge in [0.05, 0.1) is 4.92 Å². The molecule has 154 valence electrons. The van der Waals surface area contributed by atoms with Crippen LogP contribution in [0.2, 0.25) is 5.02 Å². The summed E-state index contributed by atoms with van der Waals surface area (Å²) in [6.45, 7) is 1.99. The number of hydrogen-bond acceptors (Lipinski definition) is 5. The van der Waals surface area contributed by atoms with Crippen molar-refractivity contribution in [3.8, 4) is 11.5 Å². The second-order valence-corrected chi connectivity index (χ2v) is 7.27. The fourth-order valence-corrected chi connectivity index (χ4v) is 3.17. The van der Waals surface area contributed by atoms with Gasteiger partial charge in [-0.1, -0.05) is 23.7 Å². The summed E-state index contributed by atoms with van der Waals surface area (Å²) in [5, 5.41) is 13.7. The first kappa shape index (κ1) is 20.3. The van der Waals surface area contributed by atoms with Crippen LogP contribution in [0.5, 0.6) is 0 Å². The van der Waals surface area contributed by atoms with Crippen LogP contribution in [0.4, 0.5) is 11.4 Å². The predicted octanol–water partition coefficient (Wildman–Crippen LogP) is 6.02. The lowest BCUT2D eigenvalue weighted by atomic mass is 10.2. The smallest absolute Gasteiger partial charge is 0.288 e. The highest BCUT2D eigenvalue weighted by molar-refractivity contribution is 6.32. The molecule has 0 saturated heterocycles. The molecule has 0 spiro atoms. The molecule has 1 amide bonds. The summed E-state index contributed by atoms with van der Waals surface area (Å²) in [5.74, 6) is 0.130. The molecule has 0 bridgehead atoms. The van der Waals surface area contributed by atoms with Crippen LogP contribution in [-0.4, -0.2) is 15.8 Å². The summed E-state index contributed by atoms with van der Waals surface area (Å²) in [5.41, 5.74) is 4.27. The van der Waals surface area contributed by atoms with E-state index in [2.05, 4.69) is 10.3 Å². The summed E-state index contributed by atoms with van der Waals surface area (Å²) in [6, 6.07) is 17.2. The van der Waals surface area contributed by atoms with E-state index >= 15 is 0 Å². The summed E-state index contributed by atoms with van der Waals surface area (Å²) < 4.78 is 5.79. The number of nitrogens with one attached hydrogen (secondary N) is 1. The van der Waals surface area contributed by atoms with E-state index in [1.165, 1.54) is 24.3 Å². The number of carbonyl (C=O) groups excluding carboxylic acids is 1. The van der Waals surface area contributed by atoms with Crippen LogP contribution in [0.25, 0.3) is 28.6 Å². The average Bonchev–Trinajstić information content (AvgIpc) is 3.16. The Labute approximate surface area is 182 Å². The number of amides is 1. The Balaban J connectivity index is 1.45. The van der Waals surface area contributed by atoms with Gasteiger partial charge in [-0.3, -0.25) is 14.9 Å². The van der Waals surface area contributed by atoms with E-state index in [9.17, 15) is 14.9 Å². The van der Waals surface area contributed by atoms with Gasteiger partial charge in [0.2, 0.25) is 11.8 Å². The molecule has 0 atom stereocenters. The Bertz CT molecular complexity index is 1330. The van der Waals surface area contributed by atoms with Crippen LogP contribution in [0.3, 0.4) is 0 Å². The van der Waals surface area contributed by atoms with Crippen molar-refractivity contribution in [2.24, 2.45) is 0 Å². The SMILES string of the molecule is Cc1ccc2oc(-c3ccc(NC(=O)/C=C/c4ccc(Cl)c([N+](=O)[O-])c4)cc3)nc2c1. The molecule has 7 nitrogen and oxygen atoms in total. The number of oxazole rings is 1. The minimum atomic E-state index is -0.570. The fourth-order valence-electron chi connectivity index (χ4n) is 2.99. The lowest BCUT2D eigenvalue weighted by Crippen LogP contribution is -2.07. The zero-order chi connectivity index (χ0) is 22.0. The van der Waals surface area contributed by atoms with E-state index in [0.717, 1.165) is 16.6 Å². The van der Waals surface area contributed by atoms with Crippen molar-refractivity contribution in [2.75, 3.05) is 5.32 Å².